The second kappa shape index (κ2) is 7.21. The largest absolute Gasteiger partial charge is 0.421 e. The fourth-order valence-corrected chi connectivity index (χ4v) is 3.61. The standard InChI is InChI=1S/C17H22F3N7O/c1-10-14(24-16-22-5-13(17(18,19)20)15(21-2)25-16)6-23-27(10)11-3-4-26(7-11)12-8-28-9-12/h5-6,11-12H,3-4,7-9H2,1-2H3,(H2,21,22,24,25)/t11-/m0/s1. The summed E-state index contributed by atoms with van der Waals surface area (Å²) in [6.07, 6.45) is -1.09. The molecule has 1 atom stereocenters. The van der Waals surface area contributed by atoms with E-state index in [1.54, 1.807) is 6.20 Å². The van der Waals surface area contributed by atoms with E-state index in [1.807, 2.05) is 11.6 Å². The molecule has 4 heterocycles. The van der Waals surface area contributed by atoms with Gasteiger partial charge in [-0.2, -0.15) is 23.3 Å². The smallest absolute Gasteiger partial charge is 0.378 e. The van der Waals surface area contributed by atoms with Crippen molar-refractivity contribution < 1.29 is 17.9 Å². The van der Waals surface area contributed by atoms with Crippen LogP contribution in [0, 0.1) is 6.92 Å². The minimum atomic E-state index is -4.52. The summed E-state index contributed by atoms with van der Waals surface area (Å²) in [4.78, 5) is 10.2. The van der Waals surface area contributed by atoms with E-state index in [0.717, 1.165) is 44.6 Å². The zero-order valence-corrected chi connectivity index (χ0v) is 15.6. The molecule has 2 fully saturated rings. The lowest BCUT2D eigenvalue weighted by Crippen LogP contribution is -2.47. The summed E-state index contributed by atoms with van der Waals surface area (Å²) in [7, 11) is 1.39. The van der Waals surface area contributed by atoms with Crippen LogP contribution in [-0.2, 0) is 10.9 Å². The lowest BCUT2D eigenvalue weighted by atomic mass is 10.2. The van der Waals surface area contributed by atoms with E-state index in [2.05, 4.69) is 30.6 Å². The van der Waals surface area contributed by atoms with Gasteiger partial charge in [0.25, 0.3) is 0 Å². The first-order valence-electron chi connectivity index (χ1n) is 9.11. The monoisotopic (exact) mass is 397 g/mol. The Hall–Kier alpha value is -2.40. The van der Waals surface area contributed by atoms with Gasteiger partial charge < -0.3 is 15.4 Å². The van der Waals surface area contributed by atoms with Crippen LogP contribution >= 0.6 is 0 Å². The minimum Gasteiger partial charge on any atom is -0.378 e. The van der Waals surface area contributed by atoms with Crippen molar-refractivity contribution in [1.82, 2.24) is 24.6 Å². The highest BCUT2D eigenvalue weighted by molar-refractivity contribution is 5.58. The SMILES string of the molecule is CNc1nc(Nc2cnn([C@H]3CCN(C4COC4)C3)c2C)ncc1C(F)(F)F. The molecule has 2 aromatic rings. The van der Waals surface area contributed by atoms with Gasteiger partial charge in [-0.15, -0.1) is 0 Å². The van der Waals surface area contributed by atoms with Crippen LogP contribution in [0.5, 0.6) is 0 Å². The molecule has 4 rings (SSSR count). The Kier molecular flexibility index (Phi) is 4.88. The fraction of sp³-hybridized carbons (Fsp3) is 0.588. The molecule has 2 aromatic heterocycles. The highest BCUT2D eigenvalue weighted by Crippen LogP contribution is 2.34. The number of halogens is 3. The molecule has 0 bridgehead atoms. The number of nitrogens with zero attached hydrogens (tertiary/aromatic N) is 5. The van der Waals surface area contributed by atoms with Crippen molar-refractivity contribution in [3.05, 3.63) is 23.7 Å². The van der Waals surface area contributed by atoms with Crippen molar-refractivity contribution in [3.63, 3.8) is 0 Å². The lowest BCUT2D eigenvalue weighted by molar-refractivity contribution is -0.137. The maximum atomic E-state index is 13.0. The molecule has 2 aliphatic rings. The molecular formula is C17H22F3N7O. The Balaban J connectivity index is 1.49. The predicted octanol–water partition coefficient (Wildman–Crippen LogP) is 2.43. The van der Waals surface area contributed by atoms with Gasteiger partial charge in [0.1, 0.15) is 11.4 Å². The van der Waals surface area contributed by atoms with Gasteiger partial charge in [0.05, 0.1) is 42.9 Å². The number of aromatic nitrogens is 4. The molecule has 2 N–H and O–H groups in total. The van der Waals surface area contributed by atoms with Crippen molar-refractivity contribution in [2.75, 3.05) is 44.0 Å². The number of alkyl halides is 3. The van der Waals surface area contributed by atoms with Crippen LogP contribution in [0.15, 0.2) is 12.4 Å². The first-order valence-corrected chi connectivity index (χ1v) is 9.11. The number of anilines is 3. The topological polar surface area (TPSA) is 80.1 Å². The van der Waals surface area contributed by atoms with Crippen molar-refractivity contribution >= 4 is 17.5 Å². The maximum Gasteiger partial charge on any atom is 0.421 e. The maximum absolute atomic E-state index is 13.0. The molecule has 28 heavy (non-hydrogen) atoms. The molecule has 11 heteroatoms. The van der Waals surface area contributed by atoms with E-state index in [1.165, 1.54) is 7.05 Å². The Morgan fingerprint density at radius 2 is 2.00 bits per heavy atom. The van der Waals surface area contributed by atoms with E-state index in [0.29, 0.717) is 11.7 Å². The summed E-state index contributed by atoms with van der Waals surface area (Å²) < 4.78 is 46.2. The third kappa shape index (κ3) is 3.51. The molecule has 0 aromatic carbocycles. The van der Waals surface area contributed by atoms with Crippen molar-refractivity contribution in [1.29, 1.82) is 0 Å². The van der Waals surface area contributed by atoms with Crippen LogP contribution in [-0.4, -0.2) is 64.0 Å². The third-order valence-corrected chi connectivity index (χ3v) is 5.30. The number of ether oxygens (including phenoxy) is 1. The molecule has 0 spiro atoms. The third-order valence-electron chi connectivity index (χ3n) is 5.30. The fourth-order valence-electron chi connectivity index (χ4n) is 3.61. The van der Waals surface area contributed by atoms with Gasteiger partial charge in [-0.05, 0) is 13.3 Å². The summed E-state index contributed by atoms with van der Waals surface area (Å²) in [5, 5.41) is 9.93. The number of nitrogens with one attached hydrogen (secondary N) is 2. The number of likely N-dealkylation sites (tertiary alicyclic amines) is 1. The van der Waals surface area contributed by atoms with Crippen LogP contribution in [0.1, 0.15) is 23.7 Å². The van der Waals surface area contributed by atoms with E-state index in [-0.39, 0.29) is 17.8 Å². The molecule has 0 unspecified atom stereocenters. The second-order valence-electron chi connectivity index (χ2n) is 7.05. The average molecular weight is 397 g/mol. The van der Waals surface area contributed by atoms with Crippen molar-refractivity contribution in [2.45, 2.75) is 31.6 Å². The van der Waals surface area contributed by atoms with Gasteiger partial charge in [0, 0.05) is 26.3 Å². The summed E-state index contributed by atoms with van der Waals surface area (Å²) in [5.41, 5.74) is 0.664. The Morgan fingerprint density at radius 1 is 1.21 bits per heavy atom. The van der Waals surface area contributed by atoms with Gasteiger partial charge in [-0.3, -0.25) is 9.58 Å². The molecule has 0 amide bonds. The van der Waals surface area contributed by atoms with E-state index in [4.69, 9.17) is 4.74 Å². The van der Waals surface area contributed by atoms with E-state index >= 15 is 0 Å². The average Bonchev–Trinajstić information content (AvgIpc) is 3.20. The first kappa shape index (κ1) is 18.9. The summed E-state index contributed by atoms with van der Waals surface area (Å²) in [5.74, 6) is -0.191. The van der Waals surface area contributed by atoms with E-state index in [9.17, 15) is 13.2 Å². The molecule has 2 saturated heterocycles. The van der Waals surface area contributed by atoms with Gasteiger partial charge >= 0.3 is 6.18 Å². The Bertz CT molecular complexity index is 850. The van der Waals surface area contributed by atoms with Gasteiger partial charge in [-0.1, -0.05) is 0 Å². The lowest BCUT2D eigenvalue weighted by Gasteiger charge is -2.34. The highest BCUT2D eigenvalue weighted by atomic mass is 19.4. The number of hydrogen-bond acceptors (Lipinski definition) is 7. The number of hydrogen-bond donors (Lipinski definition) is 2. The first-order chi connectivity index (χ1) is 13.4. The summed E-state index contributed by atoms with van der Waals surface area (Å²) in [6, 6.07) is 0.761. The molecule has 152 valence electrons. The van der Waals surface area contributed by atoms with Gasteiger partial charge in [-0.25, -0.2) is 4.98 Å². The molecule has 2 aliphatic heterocycles. The quantitative estimate of drug-likeness (QED) is 0.802. The molecule has 0 radical (unpaired) electrons. The Morgan fingerprint density at radius 3 is 2.64 bits per heavy atom. The minimum absolute atomic E-state index is 0.0830. The van der Waals surface area contributed by atoms with Gasteiger partial charge in [0.15, 0.2) is 0 Å². The van der Waals surface area contributed by atoms with Crippen LogP contribution in [0.3, 0.4) is 0 Å². The summed E-state index contributed by atoms with van der Waals surface area (Å²) in [6.45, 7) is 5.42. The van der Waals surface area contributed by atoms with Crippen LogP contribution in [0.2, 0.25) is 0 Å². The molecular weight excluding hydrogens is 375 g/mol. The normalized spacial score (nSPS) is 21.0. The Labute approximate surface area is 160 Å². The summed E-state index contributed by atoms with van der Waals surface area (Å²) >= 11 is 0. The zero-order valence-electron chi connectivity index (χ0n) is 15.6. The van der Waals surface area contributed by atoms with Crippen LogP contribution in [0.4, 0.5) is 30.6 Å². The van der Waals surface area contributed by atoms with E-state index < -0.39 is 11.7 Å². The predicted molar refractivity (Wildman–Crippen MR) is 96.7 cm³/mol. The molecule has 0 saturated carbocycles. The zero-order chi connectivity index (χ0) is 19.9. The van der Waals surface area contributed by atoms with Crippen molar-refractivity contribution in [3.8, 4) is 0 Å². The van der Waals surface area contributed by atoms with Crippen molar-refractivity contribution in [2.24, 2.45) is 0 Å². The van der Waals surface area contributed by atoms with Crippen LogP contribution in [0.25, 0.3) is 0 Å². The second-order valence-corrected chi connectivity index (χ2v) is 7.05. The van der Waals surface area contributed by atoms with Crippen LogP contribution < -0.4 is 10.6 Å². The van der Waals surface area contributed by atoms with Gasteiger partial charge in [0.2, 0.25) is 5.95 Å². The molecule has 0 aliphatic carbocycles. The molecule has 8 nitrogen and oxygen atoms in total. The highest BCUT2D eigenvalue weighted by Gasteiger charge is 2.35. The number of rotatable bonds is 5.